The highest BCUT2D eigenvalue weighted by Crippen LogP contribution is 2.47. The van der Waals surface area contributed by atoms with Crippen molar-refractivity contribution >= 4 is 22.7 Å². The van der Waals surface area contributed by atoms with Crippen LogP contribution in [0.1, 0.15) is 37.4 Å². The van der Waals surface area contributed by atoms with Crippen molar-refractivity contribution in [2.24, 2.45) is 0 Å². The topological polar surface area (TPSA) is 241 Å². The van der Waals surface area contributed by atoms with E-state index in [1.54, 1.807) is 10.6 Å². The van der Waals surface area contributed by atoms with E-state index < -0.39 is 63.3 Å². The molecule has 0 saturated carbocycles. The van der Waals surface area contributed by atoms with Crippen LogP contribution in [0.5, 0.6) is 57.5 Å². The van der Waals surface area contributed by atoms with E-state index in [1.165, 1.54) is 48.5 Å². The molecule has 13 nitrogen and oxygen atoms in total. The number of phenols is 10. The largest absolute Gasteiger partial charge is 0.504 e. The Kier molecular flexibility index (Phi) is 7.08. The maximum atomic E-state index is 14.7. The molecule has 2 aliphatic rings. The van der Waals surface area contributed by atoms with Crippen molar-refractivity contribution in [2.45, 2.75) is 13.0 Å². The van der Waals surface area contributed by atoms with Gasteiger partial charge in [0.1, 0.15) is 0 Å². The summed E-state index contributed by atoms with van der Waals surface area (Å²) in [6.07, 6.45) is 0.118. The van der Waals surface area contributed by atoms with Crippen LogP contribution in [0.15, 0.2) is 78.9 Å². The van der Waals surface area contributed by atoms with Crippen LogP contribution in [0, 0.1) is 0 Å². The van der Waals surface area contributed by atoms with Gasteiger partial charge in [-0.05, 0) is 94.9 Å². The minimum absolute atomic E-state index is 0.0393. The second-order valence-electron chi connectivity index (χ2n) is 12.7. The average Bonchev–Trinajstić information content (AvgIpc) is 3.44. The van der Waals surface area contributed by atoms with Gasteiger partial charge < -0.3 is 55.6 Å². The molecule has 2 aliphatic carbocycles. The van der Waals surface area contributed by atoms with Crippen LogP contribution in [-0.2, 0) is 13.0 Å². The number of benzene rings is 5. The highest BCUT2D eigenvalue weighted by molar-refractivity contribution is 6.36. The molecule has 0 bridgehead atoms. The van der Waals surface area contributed by atoms with Crippen LogP contribution in [0.4, 0.5) is 0 Å². The molecule has 0 aliphatic heterocycles. The molecule has 0 saturated heterocycles. The molecule has 0 unspecified atom stereocenters. The van der Waals surface area contributed by atoms with E-state index in [1.807, 2.05) is 0 Å². The zero-order valence-corrected chi connectivity index (χ0v) is 27.2. The summed E-state index contributed by atoms with van der Waals surface area (Å²) in [5.41, 5.74) is 0.833. The standard InChI is InChI=1S/C40H27NO12/c42-22-5-1-16(11-26(22)46)9-10-41-36-31(17-2-6-23(43)27(47)12-17)38(51)21-15-30(50)29(49)14-20(21)34(36)33-19-4-8-25(45)39(52)35(19)40(53)32(37(33)41)18-3-7-24(44)28(48)13-18/h1-8,11-15,42-50,52H,9-10H2. The Hall–Kier alpha value is -7.54. The van der Waals surface area contributed by atoms with Gasteiger partial charge in [-0.25, -0.2) is 0 Å². The summed E-state index contributed by atoms with van der Waals surface area (Å²) in [5.74, 6) is -6.87. The molecule has 13 heteroatoms. The number of aromatic nitrogens is 1. The third-order valence-electron chi connectivity index (χ3n) is 9.66. The van der Waals surface area contributed by atoms with Crippen LogP contribution in [0.3, 0.4) is 0 Å². The molecule has 6 aromatic rings. The molecular formula is C40H27NO12. The smallest absolute Gasteiger partial charge is 0.200 e. The van der Waals surface area contributed by atoms with Crippen LogP contribution in [0.25, 0.3) is 33.4 Å². The SMILES string of the molecule is O=C1C(c2ccc(O)c(O)c2)=c2c(c3c(n2CCc2ccc(O)c(O)c2)=C(c2ccc(O)c(O)c2)C(=O)c2c-3ccc(O)c2O)-c2cc(O)c(O)cc21. The van der Waals surface area contributed by atoms with Gasteiger partial charge in [-0.3, -0.25) is 9.59 Å². The fourth-order valence-corrected chi connectivity index (χ4v) is 7.21. The monoisotopic (exact) mass is 713 g/mol. The van der Waals surface area contributed by atoms with Gasteiger partial charge in [0, 0.05) is 23.2 Å². The first-order chi connectivity index (χ1) is 25.3. The molecular weight excluding hydrogens is 686 g/mol. The molecule has 0 fully saturated rings. The fourth-order valence-electron chi connectivity index (χ4n) is 7.21. The van der Waals surface area contributed by atoms with Gasteiger partial charge in [-0.1, -0.05) is 18.2 Å². The van der Waals surface area contributed by atoms with E-state index in [4.69, 9.17) is 0 Å². The second kappa shape index (κ2) is 11.5. The lowest BCUT2D eigenvalue weighted by Crippen LogP contribution is -2.36. The predicted octanol–water partition coefficient (Wildman–Crippen LogP) is 3.91. The molecule has 264 valence electrons. The molecule has 0 radical (unpaired) electrons. The number of phenolic OH excluding ortho intramolecular Hbond substituents is 10. The Morgan fingerprint density at radius 3 is 1.45 bits per heavy atom. The van der Waals surface area contributed by atoms with Gasteiger partial charge in [-0.15, -0.1) is 0 Å². The van der Waals surface area contributed by atoms with Crippen molar-refractivity contribution in [1.29, 1.82) is 0 Å². The Morgan fingerprint density at radius 2 is 0.887 bits per heavy atom. The first-order valence-corrected chi connectivity index (χ1v) is 16.0. The summed E-state index contributed by atoms with van der Waals surface area (Å²) < 4.78 is 1.63. The lowest BCUT2D eigenvalue weighted by atomic mass is 9.79. The van der Waals surface area contributed by atoms with Crippen LogP contribution < -0.4 is 10.7 Å². The zero-order chi connectivity index (χ0) is 37.6. The lowest BCUT2D eigenvalue weighted by Gasteiger charge is -2.22. The van der Waals surface area contributed by atoms with E-state index >= 15 is 0 Å². The normalized spacial score (nSPS) is 13.1. The number of fused-ring (bicyclic) bond motifs is 7. The maximum Gasteiger partial charge on any atom is 0.200 e. The quantitative estimate of drug-likeness (QED) is 0.114. The van der Waals surface area contributed by atoms with Gasteiger partial charge in [0.15, 0.2) is 69.1 Å². The molecule has 0 spiro atoms. The number of nitrogens with zero attached hydrogens (tertiary/aromatic N) is 1. The molecule has 1 aromatic heterocycles. The summed E-state index contributed by atoms with van der Waals surface area (Å²) in [6, 6.07) is 16.4. The van der Waals surface area contributed by atoms with Gasteiger partial charge in [-0.2, -0.15) is 0 Å². The van der Waals surface area contributed by atoms with Crippen LogP contribution in [0.2, 0.25) is 0 Å². The Labute approximate surface area is 297 Å². The Bertz CT molecular complexity index is 2760. The molecule has 1 heterocycles. The first-order valence-electron chi connectivity index (χ1n) is 16.0. The van der Waals surface area contributed by atoms with E-state index in [0.717, 1.165) is 24.3 Å². The van der Waals surface area contributed by atoms with E-state index in [9.17, 15) is 60.7 Å². The first kappa shape index (κ1) is 32.7. The molecule has 53 heavy (non-hydrogen) atoms. The summed E-state index contributed by atoms with van der Waals surface area (Å²) in [4.78, 5) is 29.3. The molecule has 5 aromatic carbocycles. The number of carbonyl (C=O) groups is 2. The fraction of sp³-hybridized carbons (Fsp3) is 0.0500. The van der Waals surface area contributed by atoms with Crippen molar-refractivity contribution in [3.63, 3.8) is 0 Å². The van der Waals surface area contributed by atoms with Crippen LogP contribution >= 0.6 is 0 Å². The maximum absolute atomic E-state index is 14.7. The van der Waals surface area contributed by atoms with Gasteiger partial charge in [0.2, 0.25) is 0 Å². The van der Waals surface area contributed by atoms with Crippen molar-refractivity contribution in [2.75, 3.05) is 0 Å². The van der Waals surface area contributed by atoms with Gasteiger partial charge >= 0.3 is 0 Å². The summed E-state index contributed by atoms with van der Waals surface area (Å²) >= 11 is 0. The third kappa shape index (κ3) is 4.78. The molecule has 10 N–H and O–H groups in total. The molecule has 0 atom stereocenters. The van der Waals surface area contributed by atoms with Crippen molar-refractivity contribution in [3.8, 4) is 79.7 Å². The minimum atomic E-state index is -0.798. The Morgan fingerprint density at radius 1 is 0.415 bits per heavy atom. The van der Waals surface area contributed by atoms with Crippen molar-refractivity contribution < 1.29 is 60.7 Å². The second-order valence-corrected chi connectivity index (χ2v) is 12.7. The number of carbonyl (C=O) groups excluding carboxylic acids is 2. The summed E-state index contributed by atoms with van der Waals surface area (Å²) in [6.45, 7) is -0.0393. The van der Waals surface area contributed by atoms with Crippen LogP contribution in [-0.4, -0.2) is 67.2 Å². The Balaban J connectivity index is 1.64. The minimum Gasteiger partial charge on any atom is -0.504 e. The molecule has 8 rings (SSSR count). The highest BCUT2D eigenvalue weighted by Gasteiger charge is 2.39. The number of aryl methyl sites for hydroxylation is 1. The third-order valence-corrected chi connectivity index (χ3v) is 9.66. The number of ketones is 2. The van der Waals surface area contributed by atoms with E-state index in [0.29, 0.717) is 5.56 Å². The number of hydrogen-bond donors (Lipinski definition) is 10. The van der Waals surface area contributed by atoms with E-state index in [2.05, 4.69) is 0 Å². The number of rotatable bonds is 5. The summed E-state index contributed by atoms with van der Waals surface area (Å²) in [7, 11) is 0. The zero-order valence-electron chi connectivity index (χ0n) is 27.2. The highest BCUT2D eigenvalue weighted by atomic mass is 16.3. The van der Waals surface area contributed by atoms with Crippen molar-refractivity contribution in [3.05, 3.63) is 117 Å². The molecule has 0 amide bonds. The van der Waals surface area contributed by atoms with Gasteiger partial charge in [0.05, 0.1) is 27.4 Å². The van der Waals surface area contributed by atoms with Crippen molar-refractivity contribution in [1.82, 2.24) is 4.57 Å². The number of Topliss-reactive ketones (excluding diaryl/α,β-unsaturated/α-hetero) is 2. The lowest BCUT2D eigenvalue weighted by molar-refractivity contribution is 0.104. The predicted molar refractivity (Wildman–Crippen MR) is 188 cm³/mol. The summed E-state index contributed by atoms with van der Waals surface area (Å²) in [5, 5.41) is 105. The van der Waals surface area contributed by atoms with Gasteiger partial charge in [0.25, 0.3) is 0 Å². The number of hydrogen-bond acceptors (Lipinski definition) is 12. The van der Waals surface area contributed by atoms with E-state index in [-0.39, 0.29) is 85.1 Å². The number of aromatic hydroxyl groups is 10. The average molecular weight is 714 g/mol.